The zero-order valence-corrected chi connectivity index (χ0v) is 20.2. The molecule has 0 fully saturated rings. The predicted octanol–water partition coefficient (Wildman–Crippen LogP) is 4.16. The van der Waals surface area contributed by atoms with Crippen LogP contribution in [-0.2, 0) is 14.3 Å². The summed E-state index contributed by atoms with van der Waals surface area (Å²) in [4.78, 5) is 29.2. The van der Waals surface area contributed by atoms with Gasteiger partial charge < -0.3 is 20.3 Å². The molecular weight excluding hydrogens is 440 g/mol. The molecule has 0 radical (unpaired) electrons. The van der Waals surface area contributed by atoms with Crippen LogP contribution in [0.4, 0.5) is 17.1 Å². The first-order chi connectivity index (χ1) is 17.0. The van der Waals surface area contributed by atoms with E-state index in [4.69, 9.17) is 4.74 Å². The SMILES string of the molecule is COCCN(C)CC(=O)N(C)c1ccc(NC(=C2C(=O)Nc3ccccc32)c2ccccc2)cc1. The van der Waals surface area contributed by atoms with E-state index in [1.54, 1.807) is 19.1 Å². The molecule has 2 amide bonds. The van der Waals surface area contributed by atoms with E-state index in [1.807, 2.05) is 90.8 Å². The smallest absolute Gasteiger partial charge is 0.258 e. The van der Waals surface area contributed by atoms with Crippen LogP contribution in [0.5, 0.6) is 0 Å². The Balaban J connectivity index is 1.58. The summed E-state index contributed by atoms with van der Waals surface area (Å²) in [6.07, 6.45) is 0. The average Bonchev–Trinajstić information content (AvgIpc) is 3.22. The summed E-state index contributed by atoms with van der Waals surface area (Å²) in [6.45, 7) is 1.57. The molecule has 0 aromatic heterocycles. The average molecular weight is 471 g/mol. The van der Waals surface area contributed by atoms with Crippen LogP contribution < -0.4 is 15.5 Å². The standard InChI is InChI=1S/C28H30N4O3/c1-31(17-18-35-3)19-25(33)32(2)22-15-13-21(14-16-22)29-27(20-9-5-4-6-10-20)26-23-11-7-8-12-24(23)30-28(26)34/h4-16,29H,17-19H2,1-3H3,(H,30,34). The van der Waals surface area contributed by atoms with Gasteiger partial charge in [-0.15, -0.1) is 0 Å². The van der Waals surface area contributed by atoms with E-state index in [0.29, 0.717) is 25.3 Å². The molecule has 0 atom stereocenters. The van der Waals surface area contributed by atoms with Crippen molar-refractivity contribution in [3.63, 3.8) is 0 Å². The Morgan fingerprint density at radius 1 is 0.943 bits per heavy atom. The van der Waals surface area contributed by atoms with Gasteiger partial charge in [0.15, 0.2) is 0 Å². The van der Waals surface area contributed by atoms with Crippen LogP contribution in [0.15, 0.2) is 78.9 Å². The molecule has 4 rings (SSSR count). The number of para-hydroxylation sites is 1. The number of likely N-dealkylation sites (N-methyl/N-ethyl adjacent to an activating group) is 2. The maximum atomic E-state index is 12.9. The lowest BCUT2D eigenvalue weighted by Gasteiger charge is -2.22. The van der Waals surface area contributed by atoms with Gasteiger partial charge in [0.05, 0.1) is 24.4 Å². The third kappa shape index (κ3) is 5.59. The number of nitrogens with zero attached hydrogens (tertiary/aromatic N) is 2. The number of benzene rings is 3. The van der Waals surface area contributed by atoms with Gasteiger partial charge in [0.25, 0.3) is 5.91 Å². The van der Waals surface area contributed by atoms with Crippen LogP contribution >= 0.6 is 0 Å². The summed E-state index contributed by atoms with van der Waals surface area (Å²) in [5.41, 5.74) is 5.50. The zero-order chi connectivity index (χ0) is 24.8. The van der Waals surface area contributed by atoms with Crippen molar-refractivity contribution >= 4 is 40.1 Å². The molecule has 0 saturated heterocycles. The predicted molar refractivity (Wildman–Crippen MR) is 141 cm³/mol. The largest absolute Gasteiger partial charge is 0.383 e. The van der Waals surface area contributed by atoms with E-state index < -0.39 is 0 Å². The molecule has 0 aliphatic carbocycles. The Kier molecular flexibility index (Phi) is 7.60. The van der Waals surface area contributed by atoms with E-state index in [9.17, 15) is 9.59 Å². The van der Waals surface area contributed by atoms with Crippen molar-refractivity contribution in [1.82, 2.24) is 4.90 Å². The molecule has 3 aromatic rings. The van der Waals surface area contributed by atoms with Gasteiger partial charge in [-0.2, -0.15) is 0 Å². The van der Waals surface area contributed by atoms with E-state index >= 15 is 0 Å². The minimum atomic E-state index is -0.142. The molecule has 0 saturated carbocycles. The lowest BCUT2D eigenvalue weighted by Crippen LogP contribution is -2.37. The Bertz CT molecular complexity index is 1220. The molecule has 0 unspecified atom stereocenters. The number of nitrogens with one attached hydrogen (secondary N) is 2. The van der Waals surface area contributed by atoms with Gasteiger partial charge in [0.2, 0.25) is 5.91 Å². The molecule has 0 spiro atoms. The van der Waals surface area contributed by atoms with E-state index in [1.165, 1.54) is 0 Å². The number of amides is 2. The first-order valence-corrected chi connectivity index (χ1v) is 11.5. The first-order valence-electron chi connectivity index (χ1n) is 11.5. The number of carbonyl (C=O) groups is 2. The highest BCUT2D eigenvalue weighted by molar-refractivity contribution is 6.37. The third-order valence-corrected chi connectivity index (χ3v) is 5.96. The Hall–Kier alpha value is -3.94. The number of hydrogen-bond acceptors (Lipinski definition) is 5. The monoisotopic (exact) mass is 470 g/mol. The second kappa shape index (κ2) is 11.0. The minimum absolute atomic E-state index is 0.00404. The lowest BCUT2D eigenvalue weighted by atomic mass is 10.00. The van der Waals surface area contributed by atoms with Gasteiger partial charge in [-0.05, 0) is 42.9 Å². The van der Waals surface area contributed by atoms with E-state index in [-0.39, 0.29) is 11.8 Å². The molecule has 1 heterocycles. The zero-order valence-electron chi connectivity index (χ0n) is 20.2. The molecular formula is C28H30N4O3. The van der Waals surface area contributed by atoms with Crippen molar-refractivity contribution in [2.75, 3.05) is 56.4 Å². The van der Waals surface area contributed by atoms with E-state index in [2.05, 4.69) is 10.6 Å². The van der Waals surface area contributed by atoms with Crippen molar-refractivity contribution < 1.29 is 14.3 Å². The number of rotatable bonds is 9. The lowest BCUT2D eigenvalue weighted by molar-refractivity contribution is -0.119. The van der Waals surface area contributed by atoms with Gasteiger partial charge in [-0.3, -0.25) is 14.5 Å². The summed E-state index contributed by atoms with van der Waals surface area (Å²) in [5, 5.41) is 6.41. The molecule has 3 aromatic carbocycles. The number of ether oxygens (including phenoxy) is 1. The molecule has 2 N–H and O–H groups in total. The van der Waals surface area contributed by atoms with Crippen molar-refractivity contribution in [3.05, 3.63) is 90.0 Å². The van der Waals surface area contributed by atoms with Crippen molar-refractivity contribution in [2.24, 2.45) is 0 Å². The summed E-state index contributed by atoms with van der Waals surface area (Å²) in [7, 11) is 5.31. The normalized spacial score (nSPS) is 13.9. The van der Waals surface area contributed by atoms with Gasteiger partial charge in [0, 0.05) is 43.3 Å². The van der Waals surface area contributed by atoms with Crippen LogP contribution in [0.25, 0.3) is 11.3 Å². The van der Waals surface area contributed by atoms with Crippen LogP contribution in [0.3, 0.4) is 0 Å². The topological polar surface area (TPSA) is 73.9 Å². The Morgan fingerprint density at radius 2 is 1.63 bits per heavy atom. The highest BCUT2D eigenvalue weighted by Gasteiger charge is 2.28. The second-order valence-electron chi connectivity index (χ2n) is 8.47. The van der Waals surface area contributed by atoms with Gasteiger partial charge in [0.1, 0.15) is 0 Å². The van der Waals surface area contributed by atoms with E-state index in [0.717, 1.165) is 33.9 Å². The number of anilines is 3. The molecule has 180 valence electrons. The Labute approximate surface area is 206 Å². The van der Waals surface area contributed by atoms with Crippen LogP contribution in [0, 0.1) is 0 Å². The number of methoxy groups -OCH3 is 1. The summed E-state index contributed by atoms with van der Waals surface area (Å²) in [5.74, 6) is -0.146. The highest BCUT2D eigenvalue weighted by atomic mass is 16.5. The quantitative estimate of drug-likeness (QED) is 0.460. The van der Waals surface area contributed by atoms with Crippen molar-refractivity contribution in [1.29, 1.82) is 0 Å². The van der Waals surface area contributed by atoms with Crippen molar-refractivity contribution in [3.8, 4) is 0 Å². The molecule has 35 heavy (non-hydrogen) atoms. The number of carbonyl (C=O) groups excluding carboxylic acids is 2. The molecule has 7 heteroatoms. The molecule has 1 aliphatic rings. The van der Waals surface area contributed by atoms with Crippen LogP contribution in [0.1, 0.15) is 11.1 Å². The molecule has 7 nitrogen and oxygen atoms in total. The van der Waals surface area contributed by atoms with Gasteiger partial charge in [-0.25, -0.2) is 0 Å². The fourth-order valence-electron chi connectivity index (χ4n) is 3.97. The van der Waals surface area contributed by atoms with Crippen LogP contribution in [0.2, 0.25) is 0 Å². The first kappa shape index (κ1) is 24.2. The number of hydrogen-bond donors (Lipinski definition) is 2. The second-order valence-corrected chi connectivity index (χ2v) is 8.47. The summed E-state index contributed by atoms with van der Waals surface area (Å²) >= 11 is 0. The fourth-order valence-corrected chi connectivity index (χ4v) is 3.97. The van der Waals surface area contributed by atoms with Gasteiger partial charge >= 0.3 is 0 Å². The fraction of sp³-hybridized carbons (Fsp3) is 0.214. The van der Waals surface area contributed by atoms with Gasteiger partial charge in [-0.1, -0.05) is 48.5 Å². The maximum absolute atomic E-state index is 12.9. The minimum Gasteiger partial charge on any atom is -0.383 e. The summed E-state index contributed by atoms with van der Waals surface area (Å²) < 4.78 is 5.08. The molecule has 1 aliphatic heterocycles. The highest BCUT2D eigenvalue weighted by Crippen LogP contribution is 2.37. The summed E-state index contributed by atoms with van der Waals surface area (Å²) in [6, 6.07) is 25.1. The maximum Gasteiger partial charge on any atom is 0.258 e. The Morgan fingerprint density at radius 3 is 2.34 bits per heavy atom. The van der Waals surface area contributed by atoms with Crippen LogP contribution in [-0.4, -0.2) is 57.6 Å². The number of fused-ring (bicyclic) bond motifs is 1. The third-order valence-electron chi connectivity index (χ3n) is 5.96. The molecule has 0 bridgehead atoms. The van der Waals surface area contributed by atoms with Crippen molar-refractivity contribution in [2.45, 2.75) is 0 Å².